The van der Waals surface area contributed by atoms with Crippen LogP contribution in [0.25, 0.3) is 10.9 Å². The molecule has 6 nitrogen and oxygen atoms in total. The Morgan fingerprint density at radius 3 is 2.33 bits per heavy atom. The maximum atomic E-state index is 13.3. The number of benzene rings is 2. The van der Waals surface area contributed by atoms with Gasteiger partial charge >= 0.3 is 0 Å². The molecule has 0 bridgehead atoms. The molecule has 0 saturated carbocycles. The number of ether oxygens (including phenoxy) is 2. The van der Waals surface area contributed by atoms with Crippen molar-refractivity contribution in [3.05, 3.63) is 52.6 Å². The molecule has 0 fully saturated rings. The van der Waals surface area contributed by atoms with Crippen LogP contribution in [0.5, 0.6) is 11.5 Å². The van der Waals surface area contributed by atoms with Crippen molar-refractivity contribution in [1.29, 1.82) is 0 Å². The molecule has 1 heterocycles. The summed E-state index contributed by atoms with van der Waals surface area (Å²) in [7, 11) is 3.13. The van der Waals surface area contributed by atoms with Crippen molar-refractivity contribution in [3.8, 4) is 11.5 Å². The Hall–Kier alpha value is -2.03. The summed E-state index contributed by atoms with van der Waals surface area (Å²) in [5.41, 5.74) is 1.53. The number of rotatable bonds is 6. The number of aromatic nitrogens is 1. The number of halogens is 1. The van der Waals surface area contributed by atoms with Crippen molar-refractivity contribution >= 4 is 36.9 Å². The van der Waals surface area contributed by atoms with Gasteiger partial charge in [-0.25, -0.2) is 12.4 Å². The van der Waals surface area contributed by atoms with E-state index in [9.17, 15) is 8.42 Å². The summed E-state index contributed by atoms with van der Waals surface area (Å²) in [4.78, 5) is 2.11. The van der Waals surface area contributed by atoms with Crippen LogP contribution in [-0.4, -0.2) is 45.6 Å². The molecule has 0 amide bonds. The SMILES string of the molecule is COc1ccc(Br)cc1S(=O)(=O)n1ccc2c(CN(C)C)c(OC)ccc21. The Bertz CT molecular complexity index is 1090. The summed E-state index contributed by atoms with van der Waals surface area (Å²) in [5, 5.41) is 0.834. The second-order valence-corrected chi connectivity index (χ2v) is 9.03. The zero-order valence-electron chi connectivity index (χ0n) is 15.6. The molecule has 0 radical (unpaired) electrons. The van der Waals surface area contributed by atoms with Crippen molar-refractivity contribution in [2.24, 2.45) is 0 Å². The molecule has 3 rings (SSSR count). The van der Waals surface area contributed by atoms with Gasteiger partial charge in [-0.15, -0.1) is 0 Å². The van der Waals surface area contributed by atoms with E-state index in [0.29, 0.717) is 22.3 Å². The van der Waals surface area contributed by atoms with Gasteiger partial charge < -0.3 is 14.4 Å². The summed E-state index contributed by atoms with van der Waals surface area (Å²) >= 11 is 3.34. The van der Waals surface area contributed by atoms with Crippen molar-refractivity contribution in [1.82, 2.24) is 8.87 Å². The van der Waals surface area contributed by atoms with E-state index in [2.05, 4.69) is 15.9 Å². The van der Waals surface area contributed by atoms with Gasteiger partial charge in [-0.05, 0) is 50.5 Å². The molecule has 0 aliphatic rings. The second kappa shape index (κ2) is 7.53. The monoisotopic (exact) mass is 452 g/mol. The minimum absolute atomic E-state index is 0.0989. The third-order valence-electron chi connectivity index (χ3n) is 4.26. The molecule has 0 N–H and O–H groups in total. The molecule has 1 aromatic heterocycles. The van der Waals surface area contributed by atoms with Crippen molar-refractivity contribution < 1.29 is 17.9 Å². The summed E-state index contributed by atoms with van der Waals surface area (Å²) in [6, 6.07) is 10.3. The van der Waals surface area contributed by atoms with Crippen molar-refractivity contribution in [2.45, 2.75) is 11.4 Å². The average Bonchev–Trinajstić information content (AvgIpc) is 3.07. The number of methoxy groups -OCH3 is 2. The number of hydrogen-bond donors (Lipinski definition) is 0. The zero-order chi connectivity index (χ0) is 19.8. The fourth-order valence-corrected chi connectivity index (χ4v) is 5.12. The van der Waals surface area contributed by atoms with Gasteiger partial charge in [0.15, 0.2) is 0 Å². The number of fused-ring (bicyclic) bond motifs is 1. The topological polar surface area (TPSA) is 60.8 Å². The molecule has 0 atom stereocenters. The maximum Gasteiger partial charge on any atom is 0.271 e. The normalized spacial score (nSPS) is 11.9. The Morgan fingerprint density at radius 2 is 1.70 bits per heavy atom. The van der Waals surface area contributed by atoms with E-state index in [-0.39, 0.29) is 4.90 Å². The van der Waals surface area contributed by atoms with Gasteiger partial charge in [0, 0.05) is 28.2 Å². The van der Waals surface area contributed by atoms with E-state index in [1.807, 2.05) is 19.0 Å². The molecule has 3 aromatic rings. The first-order valence-corrected chi connectivity index (χ1v) is 10.4. The first kappa shape index (κ1) is 19.7. The first-order valence-electron chi connectivity index (χ1n) is 8.20. The molecule has 0 spiro atoms. The summed E-state index contributed by atoms with van der Waals surface area (Å²) in [6.45, 7) is 0.630. The lowest BCUT2D eigenvalue weighted by Gasteiger charge is -2.16. The third kappa shape index (κ3) is 3.56. The number of nitrogens with zero attached hydrogens (tertiary/aromatic N) is 2. The molecule has 8 heteroatoms. The van der Waals surface area contributed by atoms with Crippen LogP contribution in [0.3, 0.4) is 0 Å². The number of hydrogen-bond acceptors (Lipinski definition) is 5. The first-order chi connectivity index (χ1) is 12.8. The van der Waals surface area contributed by atoms with Crippen LogP contribution in [-0.2, 0) is 16.6 Å². The highest BCUT2D eigenvalue weighted by atomic mass is 79.9. The van der Waals surface area contributed by atoms with E-state index in [4.69, 9.17) is 9.47 Å². The van der Waals surface area contributed by atoms with Crippen molar-refractivity contribution in [3.63, 3.8) is 0 Å². The van der Waals surface area contributed by atoms with Crippen LogP contribution >= 0.6 is 15.9 Å². The van der Waals surface area contributed by atoms with Gasteiger partial charge in [0.25, 0.3) is 10.0 Å². The minimum atomic E-state index is -3.85. The molecule has 0 aliphatic heterocycles. The van der Waals surface area contributed by atoms with Gasteiger partial charge in [-0.3, -0.25) is 0 Å². The zero-order valence-corrected chi connectivity index (χ0v) is 18.0. The van der Waals surface area contributed by atoms with Crippen LogP contribution in [0, 0.1) is 0 Å². The lowest BCUT2D eigenvalue weighted by atomic mass is 10.1. The van der Waals surface area contributed by atoms with E-state index < -0.39 is 10.0 Å². The van der Waals surface area contributed by atoms with Crippen molar-refractivity contribution in [2.75, 3.05) is 28.3 Å². The van der Waals surface area contributed by atoms with Crippen LogP contribution < -0.4 is 9.47 Å². The largest absolute Gasteiger partial charge is 0.496 e. The summed E-state index contributed by atoms with van der Waals surface area (Å²) in [6.07, 6.45) is 1.57. The quantitative estimate of drug-likeness (QED) is 0.570. The molecule has 144 valence electrons. The van der Waals surface area contributed by atoms with Crippen LogP contribution in [0.15, 0.2) is 52.0 Å². The predicted octanol–water partition coefficient (Wildman–Crippen LogP) is 3.72. The van der Waals surface area contributed by atoms with Gasteiger partial charge in [0.1, 0.15) is 16.4 Å². The standard InChI is InChI=1S/C19H21BrN2O4S/c1-21(2)12-15-14-9-10-22(16(14)6-8-17(15)25-3)27(23,24)19-11-13(20)5-7-18(19)26-4/h5-11H,12H2,1-4H3. The Labute approximate surface area is 167 Å². The summed E-state index contributed by atoms with van der Waals surface area (Å²) in [5.74, 6) is 1.02. The fraction of sp³-hybridized carbons (Fsp3) is 0.263. The average molecular weight is 453 g/mol. The molecule has 0 unspecified atom stereocenters. The third-order valence-corrected chi connectivity index (χ3v) is 6.47. The summed E-state index contributed by atoms with van der Waals surface area (Å²) < 4.78 is 39.4. The smallest absolute Gasteiger partial charge is 0.271 e. The molecule has 2 aromatic carbocycles. The molecule has 0 aliphatic carbocycles. The highest BCUT2D eigenvalue weighted by Gasteiger charge is 2.25. The highest BCUT2D eigenvalue weighted by molar-refractivity contribution is 9.10. The van der Waals surface area contributed by atoms with Gasteiger partial charge in [-0.1, -0.05) is 15.9 Å². The van der Waals surface area contributed by atoms with Gasteiger partial charge in [0.05, 0.1) is 19.7 Å². The van der Waals surface area contributed by atoms with E-state index in [0.717, 1.165) is 16.7 Å². The molecular weight excluding hydrogens is 432 g/mol. The van der Waals surface area contributed by atoms with Gasteiger partial charge in [-0.2, -0.15) is 0 Å². The minimum Gasteiger partial charge on any atom is -0.496 e. The van der Waals surface area contributed by atoms with E-state index in [1.54, 1.807) is 49.7 Å². The molecule has 0 saturated heterocycles. The van der Waals surface area contributed by atoms with E-state index in [1.165, 1.54) is 11.1 Å². The Balaban J connectivity index is 2.25. The lowest BCUT2D eigenvalue weighted by Crippen LogP contribution is -2.14. The van der Waals surface area contributed by atoms with Crippen LogP contribution in [0.2, 0.25) is 0 Å². The lowest BCUT2D eigenvalue weighted by molar-refractivity contribution is 0.374. The predicted molar refractivity (Wildman–Crippen MR) is 109 cm³/mol. The Morgan fingerprint density at radius 1 is 1.04 bits per heavy atom. The van der Waals surface area contributed by atoms with Gasteiger partial charge in [0.2, 0.25) is 0 Å². The van der Waals surface area contributed by atoms with E-state index >= 15 is 0 Å². The van der Waals surface area contributed by atoms with Crippen LogP contribution in [0.1, 0.15) is 5.56 Å². The molecule has 27 heavy (non-hydrogen) atoms. The second-order valence-electron chi connectivity index (χ2n) is 6.33. The van der Waals surface area contributed by atoms with Crippen LogP contribution in [0.4, 0.5) is 0 Å². The Kier molecular flexibility index (Phi) is 5.50. The highest BCUT2D eigenvalue weighted by Crippen LogP contribution is 2.34. The molecular formula is C19H21BrN2O4S. The maximum absolute atomic E-state index is 13.3. The fourth-order valence-electron chi connectivity index (χ4n) is 3.07.